The summed E-state index contributed by atoms with van der Waals surface area (Å²) in [5.74, 6) is 0.0267. The maximum atomic E-state index is 12.2. The van der Waals surface area contributed by atoms with Crippen LogP contribution in [0, 0.1) is 13.8 Å². The van der Waals surface area contributed by atoms with Gasteiger partial charge in [-0.15, -0.1) is 0 Å². The Morgan fingerprint density at radius 3 is 2.69 bits per heavy atom. The number of aryl methyl sites for hydroxylation is 2. The molecule has 0 unspecified atom stereocenters. The molecule has 0 saturated carbocycles. The Morgan fingerprint density at radius 1 is 1.31 bits per heavy atom. The van der Waals surface area contributed by atoms with Crippen LogP contribution in [0.2, 0.25) is 0 Å². The van der Waals surface area contributed by atoms with Crippen LogP contribution in [0.15, 0.2) is 6.07 Å². The second kappa shape index (κ2) is 4.57. The van der Waals surface area contributed by atoms with E-state index in [-0.39, 0.29) is 5.91 Å². The highest BCUT2D eigenvalue weighted by Crippen LogP contribution is 2.10. The second-order valence-electron chi connectivity index (χ2n) is 3.89. The highest BCUT2D eigenvalue weighted by atomic mass is 16.5. The molecule has 0 aromatic carbocycles. The highest BCUT2D eigenvalue weighted by molar-refractivity contribution is 5.95. The maximum Gasteiger partial charge on any atom is 0.255 e. The van der Waals surface area contributed by atoms with Crippen LogP contribution in [-0.4, -0.2) is 47.3 Å². The normalized spacial score (nSPS) is 16.2. The number of amides is 1. The van der Waals surface area contributed by atoms with E-state index in [1.807, 2.05) is 6.92 Å². The van der Waals surface area contributed by atoms with Crippen LogP contribution in [0.5, 0.6) is 0 Å². The van der Waals surface area contributed by atoms with Gasteiger partial charge in [0.2, 0.25) is 0 Å². The average Bonchev–Trinajstić information content (AvgIpc) is 2.32. The second-order valence-corrected chi connectivity index (χ2v) is 3.89. The predicted octanol–water partition coefficient (Wildman–Crippen LogP) is 0.566. The molecule has 0 spiro atoms. The van der Waals surface area contributed by atoms with E-state index in [1.165, 1.54) is 0 Å². The molecular weight excluding hydrogens is 206 g/mol. The van der Waals surface area contributed by atoms with Gasteiger partial charge in [0.25, 0.3) is 5.91 Å². The Labute approximate surface area is 94.4 Å². The summed E-state index contributed by atoms with van der Waals surface area (Å²) in [6.45, 7) is 6.17. The molecule has 0 bridgehead atoms. The molecule has 1 aromatic rings. The third kappa shape index (κ3) is 2.19. The molecule has 16 heavy (non-hydrogen) atoms. The summed E-state index contributed by atoms with van der Waals surface area (Å²) in [6, 6.07) is 1.79. The van der Waals surface area contributed by atoms with Crippen molar-refractivity contribution in [1.82, 2.24) is 15.1 Å². The number of ether oxygens (including phenoxy) is 1. The van der Waals surface area contributed by atoms with E-state index in [9.17, 15) is 4.79 Å². The van der Waals surface area contributed by atoms with Crippen molar-refractivity contribution in [3.8, 4) is 0 Å². The molecule has 0 N–H and O–H groups in total. The Hall–Kier alpha value is -1.49. The molecule has 0 radical (unpaired) electrons. The number of hydrogen-bond donors (Lipinski definition) is 0. The molecule has 1 aliphatic heterocycles. The van der Waals surface area contributed by atoms with Crippen LogP contribution in [0.1, 0.15) is 21.7 Å². The first kappa shape index (κ1) is 11.0. The standard InChI is InChI=1S/C11H15N3O2/c1-8-7-10(9(2)13-12-8)11(15)14-3-5-16-6-4-14/h7H,3-6H2,1-2H3. The van der Waals surface area contributed by atoms with Crippen LogP contribution >= 0.6 is 0 Å². The number of carbonyl (C=O) groups is 1. The Morgan fingerprint density at radius 2 is 2.00 bits per heavy atom. The van der Waals surface area contributed by atoms with Gasteiger partial charge >= 0.3 is 0 Å². The minimum atomic E-state index is 0.0267. The molecule has 0 aliphatic carbocycles. The fraction of sp³-hybridized carbons (Fsp3) is 0.545. The van der Waals surface area contributed by atoms with Crippen LogP contribution in [0.4, 0.5) is 0 Å². The summed E-state index contributed by atoms with van der Waals surface area (Å²) in [5, 5.41) is 7.89. The molecule has 2 rings (SSSR count). The van der Waals surface area contributed by atoms with Crippen molar-refractivity contribution in [2.45, 2.75) is 13.8 Å². The first-order chi connectivity index (χ1) is 7.68. The fourth-order valence-electron chi connectivity index (χ4n) is 1.70. The Bertz CT molecular complexity index is 400. The fourth-order valence-corrected chi connectivity index (χ4v) is 1.70. The molecule has 5 heteroatoms. The average molecular weight is 221 g/mol. The van der Waals surface area contributed by atoms with E-state index >= 15 is 0 Å². The van der Waals surface area contributed by atoms with E-state index in [4.69, 9.17) is 4.74 Å². The Balaban J connectivity index is 2.22. The van der Waals surface area contributed by atoms with Crippen LogP contribution < -0.4 is 0 Å². The topological polar surface area (TPSA) is 55.3 Å². The number of morpholine rings is 1. The molecular formula is C11H15N3O2. The minimum absolute atomic E-state index is 0.0267. The summed E-state index contributed by atoms with van der Waals surface area (Å²) >= 11 is 0. The zero-order valence-electron chi connectivity index (χ0n) is 9.56. The van der Waals surface area contributed by atoms with Crippen molar-refractivity contribution in [2.24, 2.45) is 0 Å². The molecule has 1 aliphatic rings. The quantitative estimate of drug-likeness (QED) is 0.695. The predicted molar refractivity (Wildman–Crippen MR) is 58.2 cm³/mol. The lowest BCUT2D eigenvalue weighted by atomic mass is 10.1. The Kier molecular flexibility index (Phi) is 3.14. The van der Waals surface area contributed by atoms with Gasteiger partial charge in [0, 0.05) is 13.1 Å². The van der Waals surface area contributed by atoms with Crippen LogP contribution in [0.25, 0.3) is 0 Å². The zero-order valence-corrected chi connectivity index (χ0v) is 9.56. The summed E-state index contributed by atoms with van der Waals surface area (Å²) in [6.07, 6.45) is 0. The number of rotatable bonds is 1. The van der Waals surface area contributed by atoms with Gasteiger partial charge in [-0.25, -0.2) is 0 Å². The smallest absolute Gasteiger partial charge is 0.255 e. The van der Waals surface area contributed by atoms with E-state index < -0.39 is 0 Å². The van der Waals surface area contributed by atoms with Gasteiger partial charge in [0.15, 0.2) is 0 Å². The van der Waals surface area contributed by atoms with Crippen molar-refractivity contribution < 1.29 is 9.53 Å². The first-order valence-electron chi connectivity index (χ1n) is 5.36. The van der Waals surface area contributed by atoms with Crippen molar-refractivity contribution in [1.29, 1.82) is 0 Å². The van der Waals surface area contributed by atoms with Crippen LogP contribution in [0.3, 0.4) is 0 Å². The molecule has 1 saturated heterocycles. The van der Waals surface area contributed by atoms with Gasteiger partial charge in [-0.1, -0.05) is 0 Å². The first-order valence-corrected chi connectivity index (χ1v) is 5.36. The van der Waals surface area contributed by atoms with E-state index in [0.717, 1.165) is 5.69 Å². The van der Waals surface area contributed by atoms with E-state index in [0.29, 0.717) is 37.6 Å². The van der Waals surface area contributed by atoms with E-state index in [1.54, 1.807) is 17.9 Å². The number of aromatic nitrogens is 2. The zero-order chi connectivity index (χ0) is 11.5. The lowest BCUT2D eigenvalue weighted by molar-refractivity contribution is 0.0302. The van der Waals surface area contributed by atoms with Gasteiger partial charge < -0.3 is 9.64 Å². The number of nitrogens with zero attached hydrogens (tertiary/aromatic N) is 3. The van der Waals surface area contributed by atoms with Crippen molar-refractivity contribution >= 4 is 5.91 Å². The third-order valence-corrected chi connectivity index (χ3v) is 2.63. The molecule has 1 fully saturated rings. The van der Waals surface area contributed by atoms with Gasteiger partial charge in [-0.05, 0) is 19.9 Å². The van der Waals surface area contributed by atoms with Crippen molar-refractivity contribution in [2.75, 3.05) is 26.3 Å². The van der Waals surface area contributed by atoms with Gasteiger partial charge in [0.1, 0.15) is 0 Å². The largest absolute Gasteiger partial charge is 0.378 e. The van der Waals surface area contributed by atoms with Gasteiger partial charge in [-0.2, -0.15) is 10.2 Å². The summed E-state index contributed by atoms with van der Waals surface area (Å²) < 4.78 is 5.22. The minimum Gasteiger partial charge on any atom is -0.378 e. The molecule has 1 amide bonds. The summed E-state index contributed by atoms with van der Waals surface area (Å²) in [5.41, 5.74) is 2.10. The number of carbonyl (C=O) groups excluding carboxylic acids is 1. The van der Waals surface area contributed by atoms with Crippen LogP contribution in [-0.2, 0) is 4.74 Å². The molecule has 1 aromatic heterocycles. The molecule has 5 nitrogen and oxygen atoms in total. The molecule has 0 atom stereocenters. The number of hydrogen-bond acceptors (Lipinski definition) is 4. The SMILES string of the molecule is Cc1cc(C(=O)N2CCOCC2)c(C)nn1. The monoisotopic (exact) mass is 221 g/mol. The molecule has 86 valence electrons. The third-order valence-electron chi connectivity index (χ3n) is 2.63. The summed E-state index contributed by atoms with van der Waals surface area (Å²) in [7, 11) is 0. The lowest BCUT2D eigenvalue weighted by Crippen LogP contribution is -2.41. The van der Waals surface area contributed by atoms with Crippen molar-refractivity contribution in [3.63, 3.8) is 0 Å². The maximum absolute atomic E-state index is 12.2. The van der Waals surface area contributed by atoms with E-state index in [2.05, 4.69) is 10.2 Å². The highest BCUT2D eigenvalue weighted by Gasteiger charge is 2.20. The van der Waals surface area contributed by atoms with Gasteiger partial charge in [-0.3, -0.25) is 4.79 Å². The lowest BCUT2D eigenvalue weighted by Gasteiger charge is -2.27. The van der Waals surface area contributed by atoms with Crippen molar-refractivity contribution in [3.05, 3.63) is 23.0 Å². The molecule has 2 heterocycles. The summed E-state index contributed by atoms with van der Waals surface area (Å²) in [4.78, 5) is 14.0. The van der Waals surface area contributed by atoms with Gasteiger partial charge in [0.05, 0.1) is 30.2 Å².